The van der Waals surface area contributed by atoms with E-state index in [-0.39, 0.29) is 11.9 Å². The monoisotopic (exact) mass is 238 g/mol. The standard InChI is InChI=1S/C14H26N2O/c1-10-6-5-8-12(11(10)2)16-14(17)13-7-3-4-9-15-13/h10-13,15H,3-9H2,1-2H3,(H,16,17)/t10?,11?,12?,13-/m0/s1. The molecule has 0 bridgehead atoms. The van der Waals surface area contributed by atoms with Crippen molar-refractivity contribution in [3.63, 3.8) is 0 Å². The quantitative estimate of drug-likeness (QED) is 0.773. The lowest BCUT2D eigenvalue weighted by atomic mass is 9.78. The van der Waals surface area contributed by atoms with Crippen LogP contribution in [0, 0.1) is 11.8 Å². The Labute approximate surface area is 105 Å². The first-order valence-corrected chi connectivity index (χ1v) is 7.22. The van der Waals surface area contributed by atoms with Crippen LogP contribution in [0.1, 0.15) is 52.4 Å². The summed E-state index contributed by atoms with van der Waals surface area (Å²) in [5.41, 5.74) is 0. The smallest absolute Gasteiger partial charge is 0.237 e. The summed E-state index contributed by atoms with van der Waals surface area (Å²) in [7, 11) is 0. The average molecular weight is 238 g/mol. The summed E-state index contributed by atoms with van der Waals surface area (Å²) in [5.74, 6) is 1.60. The molecule has 1 heterocycles. The Morgan fingerprint density at radius 1 is 1.12 bits per heavy atom. The molecule has 3 unspecified atom stereocenters. The predicted octanol–water partition coefficient (Wildman–Crippen LogP) is 2.07. The Balaban J connectivity index is 1.84. The number of nitrogens with one attached hydrogen (secondary N) is 2. The fourth-order valence-electron chi connectivity index (χ4n) is 3.14. The van der Waals surface area contributed by atoms with Gasteiger partial charge >= 0.3 is 0 Å². The van der Waals surface area contributed by atoms with Gasteiger partial charge in [0.2, 0.25) is 5.91 Å². The van der Waals surface area contributed by atoms with Crippen molar-refractivity contribution in [2.24, 2.45) is 11.8 Å². The SMILES string of the molecule is CC1CCCC(NC(=O)[C@@H]2CCCCN2)C1C. The Hall–Kier alpha value is -0.570. The molecule has 3 heteroatoms. The molecule has 98 valence electrons. The normalized spacial score (nSPS) is 38.7. The minimum absolute atomic E-state index is 0.0631. The molecule has 17 heavy (non-hydrogen) atoms. The molecule has 0 aromatic rings. The molecule has 1 saturated carbocycles. The zero-order valence-electron chi connectivity index (χ0n) is 11.2. The first-order chi connectivity index (χ1) is 8.18. The molecule has 4 atom stereocenters. The predicted molar refractivity (Wildman–Crippen MR) is 69.8 cm³/mol. The van der Waals surface area contributed by atoms with Crippen LogP contribution < -0.4 is 10.6 Å². The van der Waals surface area contributed by atoms with E-state index in [0.29, 0.717) is 12.0 Å². The summed E-state index contributed by atoms with van der Waals surface area (Å²) in [6.45, 7) is 5.58. The van der Waals surface area contributed by atoms with E-state index in [1.54, 1.807) is 0 Å². The molecule has 1 amide bonds. The van der Waals surface area contributed by atoms with Crippen LogP contribution >= 0.6 is 0 Å². The summed E-state index contributed by atoms with van der Waals surface area (Å²) in [6, 6.07) is 0.461. The van der Waals surface area contributed by atoms with E-state index < -0.39 is 0 Å². The molecule has 1 aliphatic heterocycles. The summed E-state index contributed by atoms with van der Waals surface area (Å²) in [6.07, 6.45) is 7.12. The van der Waals surface area contributed by atoms with Crippen molar-refractivity contribution in [3.8, 4) is 0 Å². The first-order valence-electron chi connectivity index (χ1n) is 7.22. The highest BCUT2D eigenvalue weighted by atomic mass is 16.2. The third kappa shape index (κ3) is 3.21. The van der Waals surface area contributed by atoms with E-state index in [0.717, 1.165) is 25.3 Å². The van der Waals surface area contributed by atoms with Gasteiger partial charge in [-0.3, -0.25) is 4.79 Å². The van der Waals surface area contributed by atoms with Gasteiger partial charge in [0.15, 0.2) is 0 Å². The van der Waals surface area contributed by atoms with Gasteiger partial charge in [0.05, 0.1) is 6.04 Å². The van der Waals surface area contributed by atoms with Gasteiger partial charge in [-0.05, 0) is 37.6 Å². The highest BCUT2D eigenvalue weighted by molar-refractivity contribution is 5.82. The fraction of sp³-hybridized carbons (Fsp3) is 0.929. The summed E-state index contributed by atoms with van der Waals surface area (Å²) in [4.78, 5) is 12.1. The summed E-state index contributed by atoms with van der Waals surface area (Å²) < 4.78 is 0. The third-order valence-corrected chi connectivity index (χ3v) is 4.66. The molecule has 3 nitrogen and oxygen atoms in total. The number of amides is 1. The number of hydrogen-bond donors (Lipinski definition) is 2. The second kappa shape index (κ2) is 5.85. The van der Waals surface area contributed by atoms with Crippen LogP contribution in [0.5, 0.6) is 0 Å². The van der Waals surface area contributed by atoms with Gasteiger partial charge in [-0.15, -0.1) is 0 Å². The molecule has 0 radical (unpaired) electrons. The van der Waals surface area contributed by atoms with Gasteiger partial charge < -0.3 is 10.6 Å². The maximum atomic E-state index is 12.1. The van der Waals surface area contributed by atoms with Crippen LogP contribution in [0.15, 0.2) is 0 Å². The van der Waals surface area contributed by atoms with Crippen molar-refractivity contribution in [2.75, 3.05) is 6.54 Å². The van der Waals surface area contributed by atoms with Gasteiger partial charge in [-0.2, -0.15) is 0 Å². The zero-order valence-corrected chi connectivity index (χ0v) is 11.2. The molecule has 1 aliphatic carbocycles. The maximum Gasteiger partial charge on any atom is 0.237 e. The van der Waals surface area contributed by atoms with E-state index in [4.69, 9.17) is 0 Å². The minimum Gasteiger partial charge on any atom is -0.352 e. The fourth-order valence-corrected chi connectivity index (χ4v) is 3.14. The van der Waals surface area contributed by atoms with Gasteiger partial charge in [0, 0.05) is 6.04 Å². The average Bonchev–Trinajstić information content (AvgIpc) is 2.36. The van der Waals surface area contributed by atoms with Crippen molar-refractivity contribution < 1.29 is 4.79 Å². The zero-order chi connectivity index (χ0) is 12.3. The molecule has 0 spiro atoms. The molecule has 2 aliphatic rings. The Kier molecular flexibility index (Phi) is 4.43. The van der Waals surface area contributed by atoms with Gasteiger partial charge in [0.25, 0.3) is 0 Å². The van der Waals surface area contributed by atoms with Crippen LogP contribution in [-0.4, -0.2) is 24.5 Å². The van der Waals surface area contributed by atoms with E-state index in [1.807, 2.05) is 0 Å². The van der Waals surface area contributed by atoms with Crippen molar-refractivity contribution in [1.82, 2.24) is 10.6 Å². The Morgan fingerprint density at radius 2 is 1.94 bits per heavy atom. The molecule has 2 fully saturated rings. The first kappa shape index (κ1) is 12.9. The summed E-state index contributed by atoms with van der Waals surface area (Å²) in [5, 5.41) is 6.59. The molecule has 2 N–H and O–H groups in total. The van der Waals surface area contributed by atoms with Crippen LogP contribution in [0.4, 0.5) is 0 Å². The highest BCUT2D eigenvalue weighted by Gasteiger charge is 2.30. The highest BCUT2D eigenvalue weighted by Crippen LogP contribution is 2.29. The van der Waals surface area contributed by atoms with Crippen LogP contribution in [0.3, 0.4) is 0 Å². The molecular weight excluding hydrogens is 212 g/mol. The van der Waals surface area contributed by atoms with Crippen molar-refractivity contribution >= 4 is 5.91 Å². The molecule has 0 aromatic heterocycles. The maximum absolute atomic E-state index is 12.1. The van der Waals surface area contributed by atoms with Crippen molar-refractivity contribution in [3.05, 3.63) is 0 Å². The Bertz CT molecular complexity index is 261. The lowest BCUT2D eigenvalue weighted by Crippen LogP contribution is -2.52. The number of hydrogen-bond acceptors (Lipinski definition) is 2. The number of rotatable bonds is 2. The van der Waals surface area contributed by atoms with E-state index in [2.05, 4.69) is 24.5 Å². The van der Waals surface area contributed by atoms with Gasteiger partial charge in [-0.25, -0.2) is 0 Å². The molecule has 2 rings (SSSR count). The Morgan fingerprint density at radius 3 is 2.65 bits per heavy atom. The molecular formula is C14H26N2O. The van der Waals surface area contributed by atoms with E-state index in [9.17, 15) is 4.79 Å². The molecule has 1 saturated heterocycles. The van der Waals surface area contributed by atoms with Gasteiger partial charge in [-0.1, -0.05) is 33.1 Å². The summed E-state index contributed by atoms with van der Waals surface area (Å²) >= 11 is 0. The lowest BCUT2D eigenvalue weighted by molar-refractivity contribution is -0.125. The second-order valence-corrected chi connectivity index (χ2v) is 5.88. The van der Waals surface area contributed by atoms with Crippen LogP contribution in [-0.2, 0) is 4.79 Å². The van der Waals surface area contributed by atoms with E-state index >= 15 is 0 Å². The molecule has 0 aromatic carbocycles. The van der Waals surface area contributed by atoms with Crippen LogP contribution in [0.25, 0.3) is 0 Å². The van der Waals surface area contributed by atoms with Crippen molar-refractivity contribution in [2.45, 2.75) is 64.5 Å². The van der Waals surface area contributed by atoms with Crippen molar-refractivity contribution in [1.29, 1.82) is 0 Å². The number of piperidine rings is 1. The van der Waals surface area contributed by atoms with E-state index in [1.165, 1.54) is 25.7 Å². The number of carbonyl (C=O) groups excluding carboxylic acids is 1. The van der Waals surface area contributed by atoms with Gasteiger partial charge in [0.1, 0.15) is 0 Å². The topological polar surface area (TPSA) is 41.1 Å². The number of carbonyl (C=O) groups is 1. The second-order valence-electron chi connectivity index (χ2n) is 5.88. The largest absolute Gasteiger partial charge is 0.352 e. The lowest BCUT2D eigenvalue weighted by Gasteiger charge is -2.36. The van der Waals surface area contributed by atoms with Crippen LogP contribution in [0.2, 0.25) is 0 Å². The third-order valence-electron chi connectivity index (χ3n) is 4.66. The minimum atomic E-state index is 0.0631.